The lowest BCUT2D eigenvalue weighted by molar-refractivity contribution is -0.142. The predicted molar refractivity (Wildman–Crippen MR) is 198 cm³/mol. The van der Waals surface area contributed by atoms with Crippen LogP contribution in [0.25, 0.3) is 0 Å². The third kappa shape index (κ3) is 10.1. The molecule has 6 rings (SSSR count). The first-order valence-electron chi connectivity index (χ1n) is 18.4. The second-order valence-electron chi connectivity index (χ2n) is 15.1. The minimum Gasteiger partial charge on any atom is -0.455 e. The maximum atomic E-state index is 14.3. The number of hydrogen-bond acceptors (Lipinski definition) is 11. The molecule has 4 aliphatic rings. The van der Waals surface area contributed by atoms with E-state index in [1.165, 1.54) is 4.90 Å². The summed E-state index contributed by atoms with van der Waals surface area (Å²) >= 11 is 0. The van der Waals surface area contributed by atoms with Crippen molar-refractivity contribution in [1.82, 2.24) is 20.3 Å². The number of carbonyl (C=O) groups excluding carboxylic acids is 5. The van der Waals surface area contributed by atoms with Gasteiger partial charge < -0.3 is 34.5 Å². The molecule has 2 aromatic carbocycles. The molecule has 0 aromatic heterocycles. The van der Waals surface area contributed by atoms with Gasteiger partial charge >= 0.3 is 12.2 Å². The maximum Gasteiger partial charge on any atom is 0.412 e. The van der Waals surface area contributed by atoms with Crippen molar-refractivity contribution in [2.24, 2.45) is 5.92 Å². The second-order valence-corrected chi connectivity index (χ2v) is 17.1. The van der Waals surface area contributed by atoms with Gasteiger partial charge in [0.15, 0.2) is 5.75 Å². The van der Waals surface area contributed by atoms with Gasteiger partial charge in [0.1, 0.15) is 35.1 Å². The fourth-order valence-corrected chi connectivity index (χ4v) is 7.86. The molecule has 55 heavy (non-hydrogen) atoms. The predicted octanol–water partition coefficient (Wildman–Crippen LogP) is 3.74. The summed E-state index contributed by atoms with van der Waals surface area (Å²) in [5.74, 6) is -1.97. The quantitative estimate of drug-likeness (QED) is 0.284. The monoisotopic (exact) mass is 781 g/mol. The van der Waals surface area contributed by atoms with Crippen LogP contribution in [0.5, 0.6) is 11.5 Å². The number of sulfonamides is 1. The van der Waals surface area contributed by atoms with Crippen LogP contribution in [0.15, 0.2) is 66.7 Å². The highest BCUT2D eigenvalue weighted by molar-refractivity contribution is 7.91. The molecule has 5 unspecified atom stereocenters. The van der Waals surface area contributed by atoms with Gasteiger partial charge in [0.25, 0.3) is 5.91 Å². The molecule has 0 bridgehead atoms. The lowest BCUT2D eigenvalue weighted by Crippen LogP contribution is -2.59. The molecule has 2 heterocycles. The number of carbonyl (C=O) groups is 5. The van der Waals surface area contributed by atoms with Gasteiger partial charge in [-0.3, -0.25) is 24.4 Å². The summed E-state index contributed by atoms with van der Waals surface area (Å²) < 4.78 is 50.6. The van der Waals surface area contributed by atoms with Crippen LogP contribution in [-0.2, 0) is 38.6 Å². The number of rotatable bonds is 8. The van der Waals surface area contributed by atoms with Gasteiger partial charge in [0.2, 0.25) is 21.8 Å². The summed E-state index contributed by atoms with van der Waals surface area (Å²) in [6.07, 6.45) is 2.73. The van der Waals surface area contributed by atoms with E-state index in [1.807, 2.05) is 12.1 Å². The number of benzene rings is 2. The van der Waals surface area contributed by atoms with Crippen molar-refractivity contribution in [3.63, 3.8) is 0 Å². The number of fused-ring (bicyclic) bond motifs is 2. The van der Waals surface area contributed by atoms with E-state index in [1.54, 1.807) is 75.4 Å². The van der Waals surface area contributed by atoms with Crippen molar-refractivity contribution in [2.75, 3.05) is 25.1 Å². The number of amides is 5. The molecular formula is C38H47N5O11S. The van der Waals surface area contributed by atoms with Crippen LogP contribution in [0.2, 0.25) is 0 Å². The molecule has 0 spiro atoms. The van der Waals surface area contributed by atoms with Crippen LogP contribution in [0, 0.1) is 5.92 Å². The molecule has 1 saturated heterocycles. The summed E-state index contributed by atoms with van der Waals surface area (Å²) in [6, 6.07) is 13.1. The molecule has 2 aliphatic heterocycles. The third-order valence-corrected chi connectivity index (χ3v) is 11.3. The zero-order chi connectivity index (χ0) is 39.4. The highest BCUT2D eigenvalue weighted by atomic mass is 32.2. The first-order valence-corrected chi connectivity index (χ1v) is 19.9. The number of anilines is 1. The Morgan fingerprint density at radius 2 is 1.73 bits per heavy atom. The largest absolute Gasteiger partial charge is 0.455 e. The molecule has 2 aliphatic carbocycles. The fourth-order valence-electron chi connectivity index (χ4n) is 6.50. The summed E-state index contributed by atoms with van der Waals surface area (Å²) in [5, 5.41) is 7.32. The van der Waals surface area contributed by atoms with Crippen LogP contribution in [0.3, 0.4) is 0 Å². The number of hydrogen-bond donors (Lipinski definition) is 4. The number of allylic oxidation sites excluding steroid dienone is 1. The van der Waals surface area contributed by atoms with E-state index < -0.39 is 80.4 Å². The number of alkyl carbamates (subject to hydrolysis) is 1. The Morgan fingerprint density at radius 1 is 1.00 bits per heavy atom. The minimum absolute atomic E-state index is 0.133. The standard InChI is InChI=1S/C38H47N5O11S/c1-37(2,3)54-36(48)40-29-23-51-19-11-5-6-12-24-21-38(24,34(46)42-55(49,50)27-17-18-27)41-32(44)30-20-26(22-43(30)33(29)45)53-35(47)39-28-15-9-10-16-31(28)52-25-13-7-4-8-14-25/h4,6-10,12-16,24,26-27,29-30H,5,11,17-23H2,1-3H3,(H,39,47)(H,40,48)(H,41,44)(H,42,46)/b12-6+. The number of nitrogens with zero attached hydrogens (tertiary/aromatic N) is 1. The number of ether oxygens (including phenoxy) is 4. The van der Waals surface area contributed by atoms with Gasteiger partial charge in [-0.15, -0.1) is 0 Å². The molecule has 5 amide bonds. The van der Waals surface area contributed by atoms with Crippen LogP contribution in [-0.4, -0.2) is 97.6 Å². The molecule has 16 nitrogen and oxygen atoms in total. The summed E-state index contributed by atoms with van der Waals surface area (Å²) in [5.41, 5.74) is -2.16. The van der Waals surface area contributed by atoms with Gasteiger partial charge in [-0.1, -0.05) is 42.5 Å². The van der Waals surface area contributed by atoms with E-state index in [-0.39, 0.29) is 32.6 Å². The van der Waals surface area contributed by atoms with Crippen molar-refractivity contribution < 1.29 is 51.3 Å². The molecule has 296 valence electrons. The van der Waals surface area contributed by atoms with Crippen LogP contribution >= 0.6 is 0 Å². The average Bonchev–Trinajstić information content (AvgIpc) is 4.04. The first-order chi connectivity index (χ1) is 26.1. The summed E-state index contributed by atoms with van der Waals surface area (Å²) in [6.45, 7) is 4.73. The Hall–Kier alpha value is -5.16. The lowest BCUT2D eigenvalue weighted by atomic mass is 10.1. The highest BCUT2D eigenvalue weighted by Crippen LogP contribution is 2.46. The van der Waals surface area contributed by atoms with Crippen molar-refractivity contribution in [3.05, 3.63) is 66.7 Å². The molecule has 5 atom stereocenters. The Kier molecular flexibility index (Phi) is 11.7. The van der Waals surface area contributed by atoms with Gasteiger partial charge in [0, 0.05) is 18.9 Å². The Balaban J connectivity index is 1.24. The molecule has 2 saturated carbocycles. The summed E-state index contributed by atoms with van der Waals surface area (Å²) in [4.78, 5) is 69.5. The number of nitrogens with one attached hydrogen (secondary N) is 4. The summed E-state index contributed by atoms with van der Waals surface area (Å²) in [7, 11) is -3.94. The zero-order valence-corrected chi connectivity index (χ0v) is 31.8. The van der Waals surface area contributed by atoms with E-state index in [0.717, 1.165) is 0 Å². The van der Waals surface area contributed by atoms with Crippen molar-refractivity contribution >= 4 is 45.6 Å². The van der Waals surface area contributed by atoms with E-state index in [2.05, 4.69) is 20.7 Å². The van der Waals surface area contributed by atoms with Gasteiger partial charge in [-0.2, -0.15) is 0 Å². The lowest BCUT2D eigenvalue weighted by Gasteiger charge is -2.30. The Bertz CT molecular complexity index is 1910. The van der Waals surface area contributed by atoms with Crippen LogP contribution < -0.4 is 25.4 Å². The molecular weight excluding hydrogens is 735 g/mol. The Labute approximate surface area is 319 Å². The van der Waals surface area contributed by atoms with Crippen LogP contribution in [0.1, 0.15) is 59.3 Å². The van der Waals surface area contributed by atoms with Crippen molar-refractivity contribution in [3.8, 4) is 11.5 Å². The molecule has 4 N–H and O–H groups in total. The van der Waals surface area contributed by atoms with Gasteiger partial charge in [-0.05, 0) is 77.1 Å². The zero-order valence-electron chi connectivity index (χ0n) is 30.9. The van der Waals surface area contributed by atoms with Crippen LogP contribution in [0.4, 0.5) is 15.3 Å². The fraction of sp³-hybridized carbons (Fsp3) is 0.500. The maximum absolute atomic E-state index is 14.3. The van der Waals surface area contributed by atoms with Gasteiger partial charge in [0.05, 0.1) is 24.1 Å². The highest BCUT2D eigenvalue weighted by Gasteiger charge is 2.62. The Morgan fingerprint density at radius 3 is 2.45 bits per heavy atom. The molecule has 2 aromatic rings. The first kappa shape index (κ1) is 39.5. The van der Waals surface area contributed by atoms with E-state index in [4.69, 9.17) is 18.9 Å². The van der Waals surface area contributed by atoms with E-state index >= 15 is 0 Å². The van der Waals surface area contributed by atoms with E-state index in [0.29, 0.717) is 42.9 Å². The average molecular weight is 782 g/mol. The molecule has 17 heteroatoms. The minimum atomic E-state index is -3.94. The van der Waals surface area contributed by atoms with Gasteiger partial charge in [-0.25, -0.2) is 18.0 Å². The number of para-hydroxylation sites is 3. The van der Waals surface area contributed by atoms with Crippen molar-refractivity contribution in [1.29, 1.82) is 0 Å². The SMILES string of the molecule is CC(C)(C)OC(=O)NC1COCCC/C=C/C2CC2(C(=O)NS(=O)(=O)C2CC2)NC(=O)C2CC(OC(=O)Nc3ccccc3Oc3ccccc3)CN2C1=O. The molecule has 3 fully saturated rings. The second kappa shape index (κ2) is 16.3. The third-order valence-electron chi connectivity index (χ3n) is 9.48. The van der Waals surface area contributed by atoms with E-state index in [9.17, 15) is 32.4 Å². The normalized spacial score (nSPS) is 26.4. The molecule has 0 radical (unpaired) electrons. The topological polar surface area (TPSA) is 208 Å². The van der Waals surface area contributed by atoms with Crippen molar-refractivity contribution in [2.45, 2.75) is 93.9 Å². The smallest absolute Gasteiger partial charge is 0.412 e.